The molecule has 0 aromatic heterocycles. The van der Waals surface area contributed by atoms with Crippen molar-refractivity contribution in [3.05, 3.63) is 35.9 Å². The number of ether oxygens (including phenoxy) is 1. The molecule has 0 N–H and O–H groups in total. The predicted octanol–water partition coefficient (Wildman–Crippen LogP) is 4.21. The molecule has 28 heavy (non-hydrogen) atoms. The van der Waals surface area contributed by atoms with Crippen LogP contribution in [0.3, 0.4) is 0 Å². The van der Waals surface area contributed by atoms with Crippen LogP contribution in [0.5, 0.6) is 0 Å². The number of hydrogen-bond acceptors (Lipinski definition) is 3. The molecule has 154 valence electrons. The van der Waals surface area contributed by atoms with E-state index in [9.17, 15) is 9.59 Å². The Labute approximate surface area is 169 Å². The fourth-order valence-electron chi connectivity index (χ4n) is 4.42. The molecule has 1 saturated carbocycles. The lowest BCUT2D eigenvalue weighted by molar-refractivity contribution is -0.143. The first kappa shape index (κ1) is 20.7. The smallest absolute Gasteiger partial charge is 0.410 e. The Bertz CT molecular complexity index is 692. The number of carbonyl (C=O) groups excluding carboxylic acids is 2. The van der Waals surface area contributed by atoms with Crippen LogP contribution in [0.4, 0.5) is 4.79 Å². The van der Waals surface area contributed by atoms with Crippen LogP contribution < -0.4 is 0 Å². The van der Waals surface area contributed by atoms with E-state index in [1.807, 2.05) is 43.9 Å². The number of benzene rings is 1. The van der Waals surface area contributed by atoms with E-state index in [-0.39, 0.29) is 17.4 Å². The van der Waals surface area contributed by atoms with Crippen LogP contribution in [-0.4, -0.2) is 54.1 Å². The van der Waals surface area contributed by atoms with Crippen molar-refractivity contribution in [3.63, 3.8) is 0 Å². The highest BCUT2D eigenvalue weighted by Crippen LogP contribution is 2.45. The van der Waals surface area contributed by atoms with Crippen LogP contribution in [0.25, 0.3) is 0 Å². The molecule has 0 spiro atoms. The molecule has 1 unspecified atom stereocenters. The van der Waals surface area contributed by atoms with Crippen LogP contribution in [0.2, 0.25) is 0 Å². The van der Waals surface area contributed by atoms with Gasteiger partial charge in [0.1, 0.15) is 5.60 Å². The number of hydrogen-bond donors (Lipinski definition) is 0. The molecule has 5 nitrogen and oxygen atoms in total. The summed E-state index contributed by atoms with van der Waals surface area (Å²) < 4.78 is 5.46. The maximum absolute atomic E-state index is 13.5. The van der Waals surface area contributed by atoms with Gasteiger partial charge in [0.15, 0.2) is 0 Å². The molecule has 1 atom stereocenters. The van der Waals surface area contributed by atoms with E-state index in [1.54, 1.807) is 11.9 Å². The van der Waals surface area contributed by atoms with Crippen molar-refractivity contribution in [1.29, 1.82) is 0 Å². The summed E-state index contributed by atoms with van der Waals surface area (Å²) in [5.74, 6) is 0.567. The lowest BCUT2D eigenvalue weighted by Crippen LogP contribution is -2.54. The van der Waals surface area contributed by atoms with Crippen LogP contribution in [0.15, 0.2) is 30.3 Å². The average molecular weight is 387 g/mol. The standard InChI is InChI=1S/C23H34N2O3/c1-22(2,3)28-21(27)24(4)16-18-10-8-15-25(17-18)20(26)23(13-9-14-23)19-11-6-5-7-12-19/h5-7,11-12,18H,8-10,13-17H2,1-4H3. The van der Waals surface area contributed by atoms with Gasteiger partial charge in [0.25, 0.3) is 0 Å². The van der Waals surface area contributed by atoms with Gasteiger partial charge in [-0.25, -0.2) is 4.79 Å². The van der Waals surface area contributed by atoms with Gasteiger partial charge in [0.2, 0.25) is 5.91 Å². The summed E-state index contributed by atoms with van der Waals surface area (Å²) in [5.41, 5.74) is 0.325. The fraction of sp³-hybridized carbons (Fsp3) is 0.652. The van der Waals surface area contributed by atoms with Crippen LogP contribution in [-0.2, 0) is 14.9 Å². The molecule has 2 amide bonds. The molecular formula is C23H34N2O3. The van der Waals surface area contributed by atoms with Gasteiger partial charge in [-0.3, -0.25) is 4.79 Å². The molecule has 1 heterocycles. The predicted molar refractivity (Wildman–Crippen MR) is 110 cm³/mol. The largest absolute Gasteiger partial charge is 0.444 e. The molecule has 5 heteroatoms. The second kappa shape index (κ2) is 8.14. The van der Waals surface area contributed by atoms with Crippen molar-refractivity contribution in [2.24, 2.45) is 5.92 Å². The molecule has 1 aliphatic heterocycles. The Kier molecular flexibility index (Phi) is 6.01. The van der Waals surface area contributed by atoms with E-state index in [0.717, 1.165) is 50.8 Å². The molecule has 1 aromatic carbocycles. The Morgan fingerprint density at radius 3 is 2.43 bits per heavy atom. The Morgan fingerprint density at radius 1 is 1.18 bits per heavy atom. The van der Waals surface area contributed by atoms with Crippen molar-refractivity contribution in [3.8, 4) is 0 Å². The highest BCUT2D eigenvalue weighted by atomic mass is 16.6. The SMILES string of the molecule is CN(CC1CCCN(C(=O)C2(c3ccccc3)CCC2)C1)C(=O)OC(C)(C)C. The van der Waals surface area contributed by atoms with Crippen molar-refractivity contribution >= 4 is 12.0 Å². The minimum atomic E-state index is -0.494. The minimum Gasteiger partial charge on any atom is -0.444 e. The van der Waals surface area contributed by atoms with Gasteiger partial charge in [0, 0.05) is 26.7 Å². The number of nitrogens with zero attached hydrogens (tertiary/aromatic N) is 2. The van der Waals surface area contributed by atoms with Gasteiger partial charge in [0.05, 0.1) is 5.41 Å². The van der Waals surface area contributed by atoms with Gasteiger partial charge in [-0.15, -0.1) is 0 Å². The highest BCUT2D eigenvalue weighted by Gasteiger charge is 2.48. The van der Waals surface area contributed by atoms with E-state index in [4.69, 9.17) is 4.74 Å². The Hall–Kier alpha value is -2.04. The van der Waals surface area contributed by atoms with Crippen LogP contribution in [0, 0.1) is 5.92 Å². The Morgan fingerprint density at radius 2 is 1.86 bits per heavy atom. The average Bonchev–Trinajstić information content (AvgIpc) is 2.60. The lowest BCUT2D eigenvalue weighted by Gasteiger charge is -2.46. The third kappa shape index (κ3) is 4.50. The van der Waals surface area contributed by atoms with E-state index >= 15 is 0 Å². The summed E-state index contributed by atoms with van der Waals surface area (Å²) in [5, 5.41) is 0. The van der Waals surface area contributed by atoms with Gasteiger partial charge >= 0.3 is 6.09 Å². The highest BCUT2D eigenvalue weighted by molar-refractivity contribution is 5.89. The number of piperidine rings is 1. The van der Waals surface area contributed by atoms with Crippen molar-refractivity contribution < 1.29 is 14.3 Å². The number of carbonyl (C=O) groups is 2. The maximum atomic E-state index is 13.5. The van der Waals surface area contributed by atoms with E-state index < -0.39 is 5.60 Å². The van der Waals surface area contributed by atoms with Gasteiger partial charge < -0.3 is 14.5 Å². The first-order valence-corrected chi connectivity index (χ1v) is 10.5. The summed E-state index contributed by atoms with van der Waals surface area (Å²) in [7, 11) is 1.78. The molecule has 3 rings (SSSR count). The van der Waals surface area contributed by atoms with E-state index in [1.165, 1.54) is 0 Å². The third-order valence-electron chi connectivity index (χ3n) is 5.99. The van der Waals surface area contributed by atoms with Crippen molar-refractivity contribution in [2.45, 2.75) is 63.9 Å². The molecule has 0 bridgehead atoms. The van der Waals surface area contributed by atoms with Crippen molar-refractivity contribution in [2.75, 3.05) is 26.7 Å². The Balaban J connectivity index is 1.63. The first-order chi connectivity index (χ1) is 13.2. The zero-order chi connectivity index (χ0) is 20.4. The molecule has 1 aliphatic carbocycles. The monoisotopic (exact) mass is 386 g/mol. The lowest BCUT2D eigenvalue weighted by atomic mass is 9.63. The van der Waals surface area contributed by atoms with E-state index in [2.05, 4.69) is 12.1 Å². The zero-order valence-electron chi connectivity index (χ0n) is 17.7. The second-order valence-corrected chi connectivity index (χ2v) is 9.42. The molecule has 0 radical (unpaired) electrons. The summed E-state index contributed by atoms with van der Waals surface area (Å²) >= 11 is 0. The third-order valence-corrected chi connectivity index (χ3v) is 5.99. The summed E-state index contributed by atoms with van der Waals surface area (Å²) in [6.07, 6.45) is 4.72. The molecule has 2 aliphatic rings. The summed E-state index contributed by atoms with van der Waals surface area (Å²) in [4.78, 5) is 29.4. The quantitative estimate of drug-likeness (QED) is 0.779. The minimum absolute atomic E-state index is 0.273. The van der Waals surface area contributed by atoms with Gasteiger partial charge in [-0.2, -0.15) is 0 Å². The van der Waals surface area contributed by atoms with Gasteiger partial charge in [-0.05, 0) is 57.9 Å². The topological polar surface area (TPSA) is 49.9 Å². The number of likely N-dealkylation sites (tertiary alicyclic amines) is 1. The fourth-order valence-corrected chi connectivity index (χ4v) is 4.42. The number of rotatable bonds is 4. The molecule has 1 aromatic rings. The summed E-state index contributed by atoms with van der Waals surface area (Å²) in [6, 6.07) is 10.2. The van der Waals surface area contributed by atoms with E-state index in [0.29, 0.717) is 12.5 Å². The molecule has 2 fully saturated rings. The maximum Gasteiger partial charge on any atom is 0.410 e. The first-order valence-electron chi connectivity index (χ1n) is 10.5. The number of amides is 2. The second-order valence-electron chi connectivity index (χ2n) is 9.42. The zero-order valence-corrected chi connectivity index (χ0v) is 17.7. The normalized spacial score (nSPS) is 21.6. The molecular weight excluding hydrogens is 352 g/mol. The van der Waals surface area contributed by atoms with Crippen molar-refractivity contribution in [1.82, 2.24) is 9.80 Å². The van der Waals surface area contributed by atoms with Gasteiger partial charge in [-0.1, -0.05) is 36.8 Å². The van der Waals surface area contributed by atoms with Crippen LogP contribution in [0.1, 0.15) is 58.4 Å². The molecule has 1 saturated heterocycles. The van der Waals surface area contributed by atoms with Crippen LogP contribution >= 0.6 is 0 Å². The summed E-state index contributed by atoms with van der Waals surface area (Å²) in [6.45, 7) is 7.79.